The molecule has 0 radical (unpaired) electrons. The van der Waals surface area contributed by atoms with Crippen molar-refractivity contribution in [1.29, 1.82) is 0 Å². The summed E-state index contributed by atoms with van der Waals surface area (Å²) in [6.07, 6.45) is 1.12. The molecule has 3 nitrogen and oxygen atoms in total. The number of benzene rings is 1. The zero-order chi connectivity index (χ0) is 10.6. The third-order valence-electron chi connectivity index (χ3n) is 2.13. The highest BCUT2D eigenvalue weighted by atomic mass is 32.2. The van der Waals surface area contributed by atoms with Gasteiger partial charge in [0.25, 0.3) is 0 Å². The van der Waals surface area contributed by atoms with Crippen LogP contribution in [-0.4, -0.2) is 13.6 Å². The molecule has 0 heterocycles. The molecule has 2 N–H and O–H groups in total. The number of aryl methyl sites for hydroxylation is 1. The van der Waals surface area contributed by atoms with E-state index in [-0.39, 0.29) is 0 Å². The minimum Gasteiger partial charge on any atom is -0.771 e. The first-order chi connectivity index (χ1) is 6.52. The standard InChI is InChI=1S/C10H15NO2S/c1-10(11,14(12)13)8-7-9-5-3-2-4-6-9/h2-6H,7-8,11H2,1H3,(H,12,13)/p-1. The van der Waals surface area contributed by atoms with Crippen molar-refractivity contribution in [2.24, 2.45) is 5.73 Å². The summed E-state index contributed by atoms with van der Waals surface area (Å²) in [5.74, 6) is 0. The van der Waals surface area contributed by atoms with Crippen molar-refractivity contribution in [3.8, 4) is 0 Å². The smallest absolute Gasteiger partial charge is 0.0762 e. The molecule has 0 amide bonds. The number of hydrogen-bond donors (Lipinski definition) is 1. The summed E-state index contributed by atoms with van der Waals surface area (Å²) in [7, 11) is 0. The van der Waals surface area contributed by atoms with E-state index >= 15 is 0 Å². The molecule has 1 rings (SSSR count). The quantitative estimate of drug-likeness (QED) is 0.762. The highest BCUT2D eigenvalue weighted by Crippen LogP contribution is 2.13. The van der Waals surface area contributed by atoms with E-state index in [2.05, 4.69) is 0 Å². The van der Waals surface area contributed by atoms with Gasteiger partial charge in [-0.1, -0.05) is 30.3 Å². The van der Waals surface area contributed by atoms with E-state index in [0.29, 0.717) is 12.8 Å². The van der Waals surface area contributed by atoms with Crippen LogP contribution in [0.5, 0.6) is 0 Å². The van der Waals surface area contributed by atoms with Crippen LogP contribution in [0.3, 0.4) is 0 Å². The Bertz CT molecular complexity index is 311. The first kappa shape index (κ1) is 11.4. The van der Waals surface area contributed by atoms with Crippen molar-refractivity contribution in [3.63, 3.8) is 0 Å². The maximum absolute atomic E-state index is 10.7. The molecular formula is C10H14NO2S-. The van der Waals surface area contributed by atoms with E-state index < -0.39 is 16.0 Å². The topological polar surface area (TPSA) is 66.2 Å². The molecule has 2 atom stereocenters. The van der Waals surface area contributed by atoms with Crippen molar-refractivity contribution in [1.82, 2.24) is 0 Å². The van der Waals surface area contributed by atoms with E-state index in [4.69, 9.17) is 5.73 Å². The molecule has 4 heteroatoms. The van der Waals surface area contributed by atoms with Gasteiger partial charge in [0.2, 0.25) is 0 Å². The van der Waals surface area contributed by atoms with Gasteiger partial charge in [0.1, 0.15) is 0 Å². The molecule has 0 fully saturated rings. The van der Waals surface area contributed by atoms with Gasteiger partial charge in [-0.25, -0.2) is 0 Å². The Morgan fingerprint density at radius 2 is 2.00 bits per heavy atom. The summed E-state index contributed by atoms with van der Waals surface area (Å²) in [5.41, 5.74) is 6.70. The van der Waals surface area contributed by atoms with Crippen LogP contribution in [0.15, 0.2) is 30.3 Å². The second-order valence-electron chi connectivity index (χ2n) is 3.53. The fourth-order valence-electron chi connectivity index (χ4n) is 1.12. The molecule has 0 aromatic heterocycles. The van der Waals surface area contributed by atoms with Crippen LogP contribution in [0.2, 0.25) is 0 Å². The Labute approximate surface area is 86.6 Å². The monoisotopic (exact) mass is 212 g/mol. The minimum atomic E-state index is -2.22. The van der Waals surface area contributed by atoms with Crippen LogP contribution in [0.4, 0.5) is 0 Å². The van der Waals surface area contributed by atoms with Crippen LogP contribution < -0.4 is 5.73 Å². The SMILES string of the molecule is CC(N)(CCc1ccccc1)S(=O)[O-]. The highest BCUT2D eigenvalue weighted by Gasteiger charge is 2.18. The molecule has 0 aliphatic carbocycles. The van der Waals surface area contributed by atoms with Crippen LogP contribution in [0, 0.1) is 0 Å². The van der Waals surface area contributed by atoms with Crippen LogP contribution in [-0.2, 0) is 17.5 Å². The Hall–Kier alpha value is -0.710. The maximum Gasteiger partial charge on any atom is 0.0762 e. The summed E-state index contributed by atoms with van der Waals surface area (Å²) in [4.78, 5) is -1.13. The zero-order valence-electron chi connectivity index (χ0n) is 8.10. The van der Waals surface area contributed by atoms with Crippen LogP contribution in [0.25, 0.3) is 0 Å². The van der Waals surface area contributed by atoms with Crippen LogP contribution >= 0.6 is 0 Å². The third kappa shape index (κ3) is 3.21. The lowest BCUT2D eigenvalue weighted by atomic mass is 10.1. The van der Waals surface area contributed by atoms with Crippen LogP contribution in [0.1, 0.15) is 18.9 Å². The molecule has 1 aromatic rings. The second kappa shape index (κ2) is 4.68. The van der Waals surface area contributed by atoms with E-state index in [1.54, 1.807) is 0 Å². The lowest BCUT2D eigenvalue weighted by Gasteiger charge is -2.27. The molecule has 1 aromatic carbocycles. The van der Waals surface area contributed by atoms with Gasteiger partial charge in [-0.05, 0) is 36.4 Å². The van der Waals surface area contributed by atoms with Gasteiger partial charge >= 0.3 is 0 Å². The maximum atomic E-state index is 10.7. The Morgan fingerprint density at radius 1 is 1.43 bits per heavy atom. The molecule has 0 aliphatic heterocycles. The van der Waals surface area contributed by atoms with Gasteiger partial charge < -0.3 is 10.3 Å². The summed E-state index contributed by atoms with van der Waals surface area (Å²) < 4.78 is 21.4. The van der Waals surface area contributed by atoms with E-state index in [0.717, 1.165) is 5.56 Å². The van der Waals surface area contributed by atoms with E-state index in [9.17, 15) is 8.76 Å². The molecule has 14 heavy (non-hydrogen) atoms. The largest absolute Gasteiger partial charge is 0.771 e. The van der Waals surface area contributed by atoms with Gasteiger partial charge in [0, 0.05) is 0 Å². The Kier molecular flexibility index (Phi) is 3.80. The fourth-order valence-corrected chi connectivity index (χ4v) is 1.39. The lowest BCUT2D eigenvalue weighted by molar-refractivity contribution is 0.472. The first-order valence-corrected chi connectivity index (χ1v) is 5.52. The van der Waals surface area contributed by atoms with Crippen molar-refractivity contribution in [2.75, 3.05) is 0 Å². The number of rotatable bonds is 4. The zero-order valence-corrected chi connectivity index (χ0v) is 8.92. The molecule has 0 bridgehead atoms. The highest BCUT2D eigenvalue weighted by molar-refractivity contribution is 7.80. The van der Waals surface area contributed by atoms with E-state index in [1.165, 1.54) is 6.92 Å². The molecular weight excluding hydrogens is 198 g/mol. The Morgan fingerprint density at radius 3 is 2.50 bits per heavy atom. The van der Waals surface area contributed by atoms with Crippen molar-refractivity contribution < 1.29 is 8.76 Å². The number of hydrogen-bond acceptors (Lipinski definition) is 3. The van der Waals surface area contributed by atoms with Crippen molar-refractivity contribution in [2.45, 2.75) is 24.6 Å². The normalized spacial score (nSPS) is 17.4. The van der Waals surface area contributed by atoms with Gasteiger partial charge in [-0.3, -0.25) is 4.21 Å². The second-order valence-corrected chi connectivity index (χ2v) is 4.94. The predicted molar refractivity (Wildman–Crippen MR) is 56.3 cm³/mol. The van der Waals surface area contributed by atoms with Gasteiger partial charge in [-0.2, -0.15) is 0 Å². The van der Waals surface area contributed by atoms with E-state index in [1.807, 2.05) is 30.3 Å². The molecule has 0 saturated carbocycles. The average Bonchev–Trinajstić information content (AvgIpc) is 2.16. The minimum absolute atomic E-state index is 0.438. The molecule has 78 valence electrons. The van der Waals surface area contributed by atoms with Crippen molar-refractivity contribution >= 4 is 11.1 Å². The number of nitrogens with two attached hydrogens (primary N) is 1. The van der Waals surface area contributed by atoms with Gasteiger partial charge in [0.15, 0.2) is 0 Å². The fraction of sp³-hybridized carbons (Fsp3) is 0.400. The summed E-state index contributed by atoms with van der Waals surface area (Å²) >= 11 is -2.22. The molecule has 2 unspecified atom stereocenters. The predicted octanol–water partition coefficient (Wildman–Crippen LogP) is 1.17. The summed E-state index contributed by atoms with van der Waals surface area (Å²) in [6, 6.07) is 9.71. The third-order valence-corrected chi connectivity index (χ3v) is 3.10. The van der Waals surface area contributed by atoms with Crippen molar-refractivity contribution in [3.05, 3.63) is 35.9 Å². The molecule has 0 aliphatic rings. The summed E-state index contributed by atoms with van der Waals surface area (Å²) in [6.45, 7) is 1.53. The summed E-state index contributed by atoms with van der Waals surface area (Å²) in [5, 5.41) is 0. The van der Waals surface area contributed by atoms with Gasteiger partial charge in [0.05, 0.1) is 4.87 Å². The first-order valence-electron chi connectivity index (χ1n) is 4.44. The van der Waals surface area contributed by atoms with Gasteiger partial charge in [-0.15, -0.1) is 0 Å². The molecule has 0 spiro atoms. The molecule has 0 saturated heterocycles. The Balaban J connectivity index is 2.53. The average molecular weight is 212 g/mol. The lowest BCUT2D eigenvalue weighted by Crippen LogP contribution is -2.41.